The largest absolute Gasteiger partial charge is 0.378 e. The molecule has 0 unspecified atom stereocenters. The molecule has 0 aliphatic carbocycles. The first-order valence-corrected chi connectivity index (χ1v) is 8.09. The lowest BCUT2D eigenvalue weighted by atomic mass is 10.1. The zero-order valence-electron chi connectivity index (χ0n) is 13.1. The van der Waals surface area contributed by atoms with E-state index in [1.807, 2.05) is 6.07 Å². The van der Waals surface area contributed by atoms with Gasteiger partial charge in [-0.3, -0.25) is 4.90 Å². The lowest BCUT2D eigenvalue weighted by molar-refractivity contribution is -0.0660. The molecule has 6 nitrogen and oxygen atoms in total. The Morgan fingerprint density at radius 3 is 2.26 bits per heavy atom. The summed E-state index contributed by atoms with van der Waals surface area (Å²) >= 11 is 0. The van der Waals surface area contributed by atoms with E-state index in [0.29, 0.717) is 12.0 Å². The van der Waals surface area contributed by atoms with E-state index in [2.05, 4.69) is 49.4 Å². The third-order valence-corrected chi connectivity index (χ3v) is 4.51. The van der Waals surface area contributed by atoms with Crippen LogP contribution in [0.1, 0.15) is 0 Å². The highest BCUT2D eigenvalue weighted by Crippen LogP contribution is 2.22. The quantitative estimate of drug-likeness (QED) is 0.928. The monoisotopic (exact) mass is 311 g/mol. The number of piperazine rings is 1. The van der Waals surface area contributed by atoms with Crippen LogP contribution in [0.2, 0.25) is 0 Å². The summed E-state index contributed by atoms with van der Waals surface area (Å²) in [5, 5.41) is 3.21. The van der Waals surface area contributed by atoms with Gasteiger partial charge in [0.25, 0.3) is 0 Å². The molecule has 3 heterocycles. The average molecular weight is 311 g/mol. The van der Waals surface area contributed by atoms with Crippen LogP contribution in [-0.4, -0.2) is 60.3 Å². The van der Waals surface area contributed by atoms with Crippen molar-refractivity contribution >= 4 is 17.3 Å². The van der Waals surface area contributed by atoms with Crippen molar-refractivity contribution in [3.05, 3.63) is 42.7 Å². The van der Waals surface area contributed by atoms with Gasteiger partial charge < -0.3 is 15.0 Å². The highest BCUT2D eigenvalue weighted by molar-refractivity contribution is 5.59. The number of benzene rings is 1. The molecule has 4 rings (SSSR count). The molecule has 2 saturated heterocycles. The molecule has 2 aliphatic heterocycles. The number of nitrogens with zero attached hydrogens (tertiary/aromatic N) is 4. The van der Waals surface area contributed by atoms with E-state index in [4.69, 9.17) is 4.74 Å². The van der Waals surface area contributed by atoms with Crippen LogP contribution in [-0.2, 0) is 4.74 Å². The van der Waals surface area contributed by atoms with Crippen molar-refractivity contribution in [3.8, 4) is 0 Å². The summed E-state index contributed by atoms with van der Waals surface area (Å²) in [6.07, 6.45) is 3.46. The van der Waals surface area contributed by atoms with Gasteiger partial charge in [-0.15, -0.1) is 0 Å². The maximum absolute atomic E-state index is 5.29. The van der Waals surface area contributed by atoms with Gasteiger partial charge in [0.15, 0.2) is 0 Å². The predicted molar refractivity (Wildman–Crippen MR) is 90.1 cm³/mol. The van der Waals surface area contributed by atoms with Crippen molar-refractivity contribution in [2.75, 3.05) is 49.6 Å². The van der Waals surface area contributed by atoms with Gasteiger partial charge in [-0.25, -0.2) is 9.97 Å². The van der Waals surface area contributed by atoms with Crippen LogP contribution in [0.4, 0.5) is 17.3 Å². The van der Waals surface area contributed by atoms with Crippen LogP contribution in [0.25, 0.3) is 0 Å². The maximum atomic E-state index is 5.29. The fraction of sp³-hybridized carbons (Fsp3) is 0.412. The number of nitrogens with one attached hydrogen (secondary N) is 1. The number of ether oxygens (including phenoxy) is 1. The van der Waals surface area contributed by atoms with Gasteiger partial charge >= 0.3 is 0 Å². The van der Waals surface area contributed by atoms with Gasteiger partial charge in [-0.05, 0) is 30.3 Å². The molecule has 1 aromatic heterocycles. The topological polar surface area (TPSA) is 53.5 Å². The van der Waals surface area contributed by atoms with E-state index >= 15 is 0 Å². The molecule has 120 valence electrons. The fourth-order valence-electron chi connectivity index (χ4n) is 3.03. The van der Waals surface area contributed by atoms with Gasteiger partial charge in [0, 0.05) is 49.9 Å². The molecule has 0 amide bonds. The molecule has 1 N–H and O–H groups in total. The Bertz CT molecular complexity index is 621. The third-order valence-electron chi connectivity index (χ3n) is 4.51. The summed E-state index contributed by atoms with van der Waals surface area (Å²) in [6, 6.07) is 10.9. The first-order valence-electron chi connectivity index (χ1n) is 8.09. The average Bonchev–Trinajstić information content (AvgIpc) is 2.56. The summed E-state index contributed by atoms with van der Waals surface area (Å²) in [4.78, 5) is 13.3. The Morgan fingerprint density at radius 1 is 0.957 bits per heavy atom. The predicted octanol–water partition coefficient (Wildman–Crippen LogP) is 1.74. The zero-order chi connectivity index (χ0) is 15.5. The molecule has 0 atom stereocenters. The fourth-order valence-corrected chi connectivity index (χ4v) is 3.03. The van der Waals surface area contributed by atoms with Crippen molar-refractivity contribution in [2.24, 2.45) is 0 Å². The third kappa shape index (κ3) is 3.28. The number of hydrogen-bond donors (Lipinski definition) is 1. The summed E-state index contributed by atoms with van der Waals surface area (Å²) < 4.78 is 5.29. The van der Waals surface area contributed by atoms with Gasteiger partial charge in [0.05, 0.1) is 19.3 Å². The Balaban J connectivity index is 1.35. The second-order valence-electron chi connectivity index (χ2n) is 5.96. The second kappa shape index (κ2) is 6.52. The Morgan fingerprint density at radius 2 is 1.65 bits per heavy atom. The minimum Gasteiger partial charge on any atom is -0.378 e. The first kappa shape index (κ1) is 14.4. The van der Waals surface area contributed by atoms with Crippen molar-refractivity contribution < 1.29 is 4.74 Å². The first-order chi connectivity index (χ1) is 11.4. The molecule has 23 heavy (non-hydrogen) atoms. The summed E-state index contributed by atoms with van der Waals surface area (Å²) in [5.41, 5.74) is 2.28. The molecule has 0 bridgehead atoms. The van der Waals surface area contributed by atoms with E-state index in [9.17, 15) is 0 Å². The normalized spacial score (nSPS) is 19.4. The number of rotatable bonds is 4. The Labute approximate surface area is 136 Å². The number of hydrogen-bond acceptors (Lipinski definition) is 6. The highest BCUT2D eigenvalue weighted by atomic mass is 16.5. The van der Waals surface area contributed by atoms with E-state index in [0.717, 1.165) is 45.1 Å². The summed E-state index contributed by atoms with van der Waals surface area (Å²) in [5.74, 6) is 0.622. The molecular weight excluding hydrogens is 290 g/mol. The zero-order valence-corrected chi connectivity index (χ0v) is 13.1. The number of anilines is 3. The number of aromatic nitrogens is 2. The summed E-state index contributed by atoms with van der Waals surface area (Å²) in [6.45, 7) is 6.19. The lowest BCUT2D eigenvalue weighted by Crippen LogP contribution is -2.56. The maximum Gasteiger partial charge on any atom is 0.227 e. The molecule has 0 saturated carbocycles. The van der Waals surface area contributed by atoms with Gasteiger partial charge in [-0.2, -0.15) is 0 Å². The highest BCUT2D eigenvalue weighted by Gasteiger charge is 2.28. The van der Waals surface area contributed by atoms with Gasteiger partial charge in [-0.1, -0.05) is 0 Å². The molecule has 2 aliphatic rings. The van der Waals surface area contributed by atoms with Crippen LogP contribution in [0, 0.1) is 0 Å². The Kier molecular flexibility index (Phi) is 4.08. The molecule has 6 heteroatoms. The minimum atomic E-state index is 0.622. The van der Waals surface area contributed by atoms with Crippen molar-refractivity contribution in [3.63, 3.8) is 0 Å². The van der Waals surface area contributed by atoms with Gasteiger partial charge in [0.2, 0.25) is 5.95 Å². The summed E-state index contributed by atoms with van der Waals surface area (Å²) in [7, 11) is 0. The van der Waals surface area contributed by atoms with E-state index < -0.39 is 0 Å². The molecule has 2 fully saturated rings. The molecule has 0 spiro atoms. The van der Waals surface area contributed by atoms with Crippen LogP contribution in [0.5, 0.6) is 0 Å². The van der Waals surface area contributed by atoms with Crippen LogP contribution < -0.4 is 10.2 Å². The Hall–Kier alpha value is -2.18. The molecule has 1 aromatic carbocycles. The van der Waals surface area contributed by atoms with E-state index in [1.165, 1.54) is 5.69 Å². The molecule has 2 aromatic rings. The minimum absolute atomic E-state index is 0.622. The van der Waals surface area contributed by atoms with Crippen molar-refractivity contribution in [2.45, 2.75) is 6.04 Å². The SMILES string of the molecule is c1cnc(Nc2ccc(N3CCN(C4COC4)CC3)cc2)nc1. The smallest absolute Gasteiger partial charge is 0.227 e. The lowest BCUT2D eigenvalue weighted by Gasteiger charge is -2.43. The van der Waals surface area contributed by atoms with Crippen LogP contribution >= 0.6 is 0 Å². The van der Waals surface area contributed by atoms with Crippen LogP contribution in [0.15, 0.2) is 42.7 Å². The van der Waals surface area contributed by atoms with Crippen LogP contribution in [0.3, 0.4) is 0 Å². The van der Waals surface area contributed by atoms with Crippen molar-refractivity contribution in [1.29, 1.82) is 0 Å². The van der Waals surface area contributed by atoms with E-state index in [1.54, 1.807) is 12.4 Å². The standard InChI is InChI=1S/C17H21N5O/c1-6-18-17(19-7-1)20-14-2-4-15(5-3-14)21-8-10-22(11-9-21)16-12-23-13-16/h1-7,16H,8-13H2,(H,18,19,20). The van der Waals surface area contributed by atoms with Gasteiger partial charge in [0.1, 0.15) is 0 Å². The van der Waals surface area contributed by atoms with Crippen molar-refractivity contribution in [1.82, 2.24) is 14.9 Å². The molecule has 0 radical (unpaired) electrons. The van der Waals surface area contributed by atoms with E-state index in [-0.39, 0.29) is 0 Å². The second-order valence-corrected chi connectivity index (χ2v) is 5.96. The molecular formula is C17H21N5O.